The number of ether oxygens (including phenoxy) is 1. The Balaban J connectivity index is 1.83. The predicted molar refractivity (Wildman–Crippen MR) is 185 cm³/mol. The van der Waals surface area contributed by atoms with Gasteiger partial charge in [-0.1, -0.05) is 73.2 Å². The minimum Gasteiger partial charge on any atom is -0.496 e. The molecule has 0 aliphatic carbocycles. The lowest BCUT2D eigenvalue weighted by atomic mass is 10.0. The predicted octanol–water partition coefficient (Wildman–Crippen LogP) is 6.66. The molecule has 0 heterocycles. The molecule has 0 bridgehead atoms. The van der Waals surface area contributed by atoms with E-state index in [2.05, 4.69) is 21.2 Å². The Bertz CT molecular complexity index is 1790. The summed E-state index contributed by atoms with van der Waals surface area (Å²) < 4.78 is 50.4. The molecule has 47 heavy (non-hydrogen) atoms. The molecule has 0 spiro atoms. The number of carbonyl (C=O) groups is 2. The summed E-state index contributed by atoms with van der Waals surface area (Å²) in [6, 6.07) is 25.1. The maximum atomic E-state index is 15.1. The average molecular weight is 725 g/mol. The Morgan fingerprint density at radius 2 is 1.62 bits per heavy atom. The monoisotopic (exact) mass is 723 g/mol. The van der Waals surface area contributed by atoms with Crippen LogP contribution in [0.3, 0.4) is 0 Å². The van der Waals surface area contributed by atoms with E-state index in [1.165, 1.54) is 36.3 Å². The van der Waals surface area contributed by atoms with Crippen LogP contribution in [-0.4, -0.2) is 50.9 Å². The lowest BCUT2D eigenvalue weighted by Crippen LogP contribution is -2.54. The quantitative estimate of drug-likeness (QED) is 0.157. The molecule has 0 radical (unpaired) electrons. The Hall–Kier alpha value is -4.22. The number of hydrogen-bond acceptors (Lipinski definition) is 5. The number of methoxy groups -OCH3 is 1. The molecule has 0 aromatic heterocycles. The van der Waals surface area contributed by atoms with E-state index in [1.54, 1.807) is 42.5 Å². The molecule has 4 aromatic rings. The van der Waals surface area contributed by atoms with Crippen LogP contribution in [0.25, 0.3) is 0 Å². The molecular formula is C36H39BrFN3O5S. The van der Waals surface area contributed by atoms with Gasteiger partial charge < -0.3 is 15.0 Å². The van der Waals surface area contributed by atoms with E-state index in [-0.39, 0.29) is 35.2 Å². The van der Waals surface area contributed by atoms with E-state index in [4.69, 9.17) is 4.74 Å². The van der Waals surface area contributed by atoms with Crippen LogP contribution in [0, 0.1) is 12.7 Å². The van der Waals surface area contributed by atoms with Crippen molar-refractivity contribution in [1.82, 2.24) is 10.2 Å². The molecule has 4 rings (SSSR count). The van der Waals surface area contributed by atoms with Crippen LogP contribution in [0.15, 0.2) is 106 Å². The minimum atomic E-state index is -4.33. The molecular weight excluding hydrogens is 685 g/mol. The summed E-state index contributed by atoms with van der Waals surface area (Å²) in [5.41, 5.74) is 2.13. The van der Waals surface area contributed by atoms with Gasteiger partial charge in [-0.15, -0.1) is 0 Å². The highest BCUT2D eigenvalue weighted by Crippen LogP contribution is 2.31. The van der Waals surface area contributed by atoms with E-state index >= 15 is 4.39 Å². The van der Waals surface area contributed by atoms with E-state index in [1.807, 2.05) is 51.1 Å². The summed E-state index contributed by atoms with van der Waals surface area (Å²) >= 11 is 3.36. The normalized spacial score (nSPS) is 12.6. The number of benzene rings is 4. The van der Waals surface area contributed by atoms with Crippen LogP contribution < -0.4 is 14.4 Å². The Morgan fingerprint density at radius 3 is 2.23 bits per heavy atom. The van der Waals surface area contributed by atoms with Gasteiger partial charge in [-0.2, -0.15) is 0 Å². The van der Waals surface area contributed by atoms with Gasteiger partial charge in [-0.3, -0.25) is 13.9 Å². The summed E-state index contributed by atoms with van der Waals surface area (Å²) in [6.45, 7) is 4.76. The summed E-state index contributed by atoms with van der Waals surface area (Å²) in [4.78, 5) is 29.6. The van der Waals surface area contributed by atoms with Crippen molar-refractivity contribution in [2.24, 2.45) is 0 Å². The number of hydrogen-bond donors (Lipinski definition) is 1. The van der Waals surface area contributed by atoms with Gasteiger partial charge in [-0.25, -0.2) is 12.8 Å². The van der Waals surface area contributed by atoms with Gasteiger partial charge in [0.25, 0.3) is 10.0 Å². The first kappa shape index (κ1) is 35.6. The largest absolute Gasteiger partial charge is 0.496 e. The summed E-state index contributed by atoms with van der Waals surface area (Å²) in [6.07, 6.45) is 0.786. The van der Waals surface area contributed by atoms with Crippen LogP contribution in [0.4, 0.5) is 10.1 Å². The maximum Gasteiger partial charge on any atom is 0.264 e. The maximum absolute atomic E-state index is 15.1. The molecule has 248 valence electrons. The van der Waals surface area contributed by atoms with Crippen molar-refractivity contribution in [3.8, 4) is 5.75 Å². The highest BCUT2D eigenvalue weighted by molar-refractivity contribution is 9.10. The fourth-order valence-corrected chi connectivity index (χ4v) is 7.11. The first-order valence-electron chi connectivity index (χ1n) is 15.2. The first-order valence-corrected chi connectivity index (χ1v) is 17.5. The van der Waals surface area contributed by atoms with Crippen molar-refractivity contribution in [2.45, 2.75) is 57.1 Å². The first-order chi connectivity index (χ1) is 22.4. The molecule has 4 aromatic carbocycles. The number of carbonyl (C=O) groups excluding carboxylic acids is 2. The van der Waals surface area contributed by atoms with Crippen LogP contribution in [-0.2, 0) is 32.6 Å². The van der Waals surface area contributed by atoms with Gasteiger partial charge in [0.05, 0.1) is 22.2 Å². The molecule has 1 N–H and O–H groups in total. The van der Waals surface area contributed by atoms with Crippen molar-refractivity contribution in [3.05, 3.63) is 124 Å². The number of aryl methyl sites for hydroxylation is 1. The van der Waals surface area contributed by atoms with Crippen molar-refractivity contribution in [2.75, 3.05) is 18.0 Å². The fourth-order valence-electron chi connectivity index (χ4n) is 4.98. The molecule has 0 saturated heterocycles. The Labute approximate surface area is 284 Å². The zero-order chi connectivity index (χ0) is 34.1. The second-order valence-electron chi connectivity index (χ2n) is 11.3. The average Bonchev–Trinajstić information content (AvgIpc) is 3.06. The molecule has 2 amide bonds. The third-order valence-electron chi connectivity index (χ3n) is 7.88. The fraction of sp³-hybridized carbons (Fsp3) is 0.278. The molecule has 2 atom stereocenters. The number of anilines is 1. The smallest absolute Gasteiger partial charge is 0.264 e. The van der Waals surface area contributed by atoms with Crippen molar-refractivity contribution < 1.29 is 27.1 Å². The van der Waals surface area contributed by atoms with Crippen molar-refractivity contribution in [3.63, 3.8) is 0 Å². The lowest BCUT2D eigenvalue weighted by Gasteiger charge is -2.34. The van der Waals surface area contributed by atoms with E-state index in [0.717, 1.165) is 15.4 Å². The van der Waals surface area contributed by atoms with Gasteiger partial charge in [0.2, 0.25) is 11.8 Å². The third-order valence-corrected chi connectivity index (χ3v) is 10.3. The SMILES string of the molecule is CCC(C)NC(=O)C(Cc1ccccc1)N(Cc1ccccc1F)C(=O)CN(c1ccc(C)cc1)S(=O)(=O)c1ccc(OC)c(Br)c1. The van der Waals surface area contributed by atoms with Crippen LogP contribution in [0.2, 0.25) is 0 Å². The van der Waals surface area contributed by atoms with E-state index in [9.17, 15) is 18.0 Å². The number of nitrogens with one attached hydrogen (secondary N) is 1. The number of halogens is 2. The number of sulfonamides is 1. The lowest BCUT2D eigenvalue weighted by molar-refractivity contribution is -0.140. The Morgan fingerprint density at radius 1 is 0.957 bits per heavy atom. The highest BCUT2D eigenvalue weighted by atomic mass is 79.9. The standard InChI is InChI=1S/C36H39BrFN3O5S/c1-5-26(3)39-36(43)33(21-27-11-7-6-8-12-27)40(23-28-13-9-10-14-32(28)38)35(42)24-41(29-17-15-25(2)16-18-29)47(44,45)30-19-20-34(46-4)31(37)22-30/h6-20,22,26,33H,5,21,23-24H2,1-4H3,(H,39,43). The minimum absolute atomic E-state index is 0.0745. The Kier molecular flexibility index (Phi) is 12.2. The van der Waals surface area contributed by atoms with Crippen molar-refractivity contribution >= 4 is 43.5 Å². The zero-order valence-corrected chi connectivity index (χ0v) is 29.2. The van der Waals surface area contributed by atoms with E-state index in [0.29, 0.717) is 16.6 Å². The van der Waals surface area contributed by atoms with Gasteiger partial charge >= 0.3 is 0 Å². The topological polar surface area (TPSA) is 96.0 Å². The molecule has 0 fully saturated rings. The van der Waals surface area contributed by atoms with Gasteiger partial charge in [0, 0.05) is 24.6 Å². The molecule has 11 heteroatoms. The number of nitrogens with zero attached hydrogens (tertiary/aromatic N) is 2. The summed E-state index contributed by atoms with van der Waals surface area (Å²) in [5, 5.41) is 2.97. The zero-order valence-electron chi connectivity index (χ0n) is 26.8. The molecule has 0 saturated carbocycles. The molecule has 0 aliphatic heterocycles. The molecule has 2 unspecified atom stereocenters. The second kappa shape index (κ2) is 16.1. The van der Waals surface area contributed by atoms with Crippen LogP contribution >= 0.6 is 15.9 Å². The summed E-state index contributed by atoms with van der Waals surface area (Å²) in [5.74, 6) is -1.20. The van der Waals surface area contributed by atoms with Gasteiger partial charge in [0.15, 0.2) is 0 Å². The van der Waals surface area contributed by atoms with Crippen LogP contribution in [0.1, 0.15) is 37.0 Å². The highest BCUT2D eigenvalue weighted by Gasteiger charge is 2.35. The van der Waals surface area contributed by atoms with Gasteiger partial charge in [0.1, 0.15) is 24.2 Å². The molecule has 8 nitrogen and oxygen atoms in total. The van der Waals surface area contributed by atoms with Crippen LogP contribution in [0.5, 0.6) is 5.75 Å². The van der Waals surface area contributed by atoms with Gasteiger partial charge in [-0.05, 0) is 78.2 Å². The number of amides is 2. The second-order valence-corrected chi connectivity index (χ2v) is 14.0. The molecule has 0 aliphatic rings. The number of rotatable bonds is 14. The van der Waals surface area contributed by atoms with Crippen molar-refractivity contribution in [1.29, 1.82) is 0 Å². The summed E-state index contributed by atoms with van der Waals surface area (Å²) in [7, 11) is -2.85. The third kappa shape index (κ3) is 8.99. The van der Waals surface area contributed by atoms with E-state index < -0.39 is 40.2 Å².